The van der Waals surface area contributed by atoms with Crippen molar-refractivity contribution in [2.24, 2.45) is 5.73 Å². The van der Waals surface area contributed by atoms with E-state index in [0.29, 0.717) is 24.3 Å². The molecule has 6 N–H and O–H groups in total. The van der Waals surface area contributed by atoms with Crippen LogP contribution in [0, 0.1) is 5.41 Å². The van der Waals surface area contributed by atoms with Crippen LogP contribution in [0.2, 0.25) is 0 Å². The van der Waals surface area contributed by atoms with Crippen molar-refractivity contribution in [2.75, 3.05) is 13.2 Å². The van der Waals surface area contributed by atoms with Gasteiger partial charge in [-0.1, -0.05) is 36.4 Å². The van der Waals surface area contributed by atoms with Gasteiger partial charge < -0.3 is 20.7 Å². The normalized spacial score (nSPS) is 15.2. The number of hydrogen-bond acceptors (Lipinski definition) is 7. The maximum Gasteiger partial charge on any atom is 0.490 e. The third-order valence-corrected chi connectivity index (χ3v) is 7.81. The average molecular weight is 613 g/mol. The number of sulfonamides is 1. The minimum absolute atomic E-state index is 0.0532. The lowest BCUT2D eigenvalue weighted by Gasteiger charge is -2.33. The van der Waals surface area contributed by atoms with E-state index in [2.05, 4.69) is 5.48 Å². The number of guanidine groups is 1. The van der Waals surface area contributed by atoms with Crippen molar-refractivity contribution in [3.8, 4) is 5.75 Å². The van der Waals surface area contributed by atoms with Gasteiger partial charge in [-0.2, -0.15) is 17.5 Å². The maximum atomic E-state index is 13.5. The van der Waals surface area contributed by atoms with Gasteiger partial charge in [0.15, 0.2) is 0 Å². The molecule has 1 heterocycles. The zero-order valence-corrected chi connectivity index (χ0v) is 22.6. The molecule has 0 saturated heterocycles. The summed E-state index contributed by atoms with van der Waals surface area (Å²) in [6.45, 7) is 0.530. The summed E-state index contributed by atoms with van der Waals surface area (Å²) in [4.78, 5) is 26.0. The molecule has 1 atom stereocenters. The zero-order valence-electron chi connectivity index (χ0n) is 21.8. The Kier molecular flexibility index (Phi) is 10.3. The highest BCUT2D eigenvalue weighted by Crippen LogP contribution is 2.32. The number of carboxylic acids is 2. The lowest BCUT2D eigenvalue weighted by molar-refractivity contribution is -0.192. The minimum atomic E-state index is -5.08. The lowest BCUT2D eigenvalue weighted by atomic mass is 9.95. The Morgan fingerprint density at radius 3 is 2.31 bits per heavy atom. The Labute approximate surface area is 238 Å². The fraction of sp³-hybridized carbons (Fsp3) is 0.269. The number of hydrogen-bond donors (Lipinski definition) is 5. The molecular weight excluding hydrogens is 585 g/mol. The van der Waals surface area contributed by atoms with Gasteiger partial charge in [-0.25, -0.2) is 18.7 Å². The lowest BCUT2D eigenvalue weighted by Crippen LogP contribution is -2.48. The van der Waals surface area contributed by atoms with Gasteiger partial charge in [0.2, 0.25) is 16.0 Å². The Morgan fingerprint density at radius 2 is 1.69 bits per heavy atom. The van der Waals surface area contributed by atoms with Crippen LogP contribution in [0.3, 0.4) is 0 Å². The van der Waals surface area contributed by atoms with Crippen molar-refractivity contribution in [2.45, 2.75) is 36.5 Å². The molecule has 0 aliphatic carbocycles. The molecule has 0 spiro atoms. The van der Waals surface area contributed by atoms with Crippen molar-refractivity contribution < 1.29 is 51.0 Å². The first-order valence-electron chi connectivity index (χ1n) is 12.2. The number of carboxylic acid groups (broad SMARTS) is 2. The summed E-state index contributed by atoms with van der Waals surface area (Å²) in [5.41, 5.74) is 8.82. The Bertz CT molecular complexity index is 1570. The van der Waals surface area contributed by atoms with Gasteiger partial charge in [0, 0.05) is 19.4 Å². The molecule has 0 amide bonds. The highest BCUT2D eigenvalue weighted by molar-refractivity contribution is 7.89. The summed E-state index contributed by atoms with van der Waals surface area (Å²) in [6, 6.07) is 16.2. The molecule has 1 aliphatic heterocycles. The van der Waals surface area contributed by atoms with Crippen LogP contribution in [0.1, 0.15) is 17.5 Å². The zero-order chi connectivity index (χ0) is 31.1. The summed E-state index contributed by atoms with van der Waals surface area (Å²) in [7, 11) is -4.08. The van der Waals surface area contributed by atoms with Crippen LogP contribution in [0.25, 0.3) is 10.8 Å². The van der Waals surface area contributed by atoms with Crippen LogP contribution in [-0.4, -0.2) is 66.3 Å². The number of benzene rings is 3. The van der Waals surface area contributed by atoms with E-state index in [0.717, 1.165) is 20.6 Å². The van der Waals surface area contributed by atoms with Gasteiger partial charge in [-0.05, 0) is 46.2 Å². The van der Waals surface area contributed by atoms with E-state index in [1.165, 1.54) is 6.07 Å². The van der Waals surface area contributed by atoms with Gasteiger partial charge in [0.1, 0.15) is 11.8 Å². The predicted octanol–water partition coefficient (Wildman–Crippen LogP) is 2.86. The number of halogens is 3. The number of fused-ring (bicyclic) bond motifs is 2. The Morgan fingerprint density at radius 1 is 1.02 bits per heavy atom. The van der Waals surface area contributed by atoms with E-state index in [1.54, 1.807) is 30.3 Å². The quantitative estimate of drug-likeness (QED) is 0.104. The molecule has 3 aromatic rings. The van der Waals surface area contributed by atoms with E-state index in [9.17, 15) is 31.5 Å². The smallest absolute Gasteiger partial charge is 0.490 e. The molecule has 0 fully saturated rings. The first kappa shape index (κ1) is 32.1. The van der Waals surface area contributed by atoms with E-state index in [1.807, 2.05) is 24.3 Å². The topological polar surface area (TPSA) is 192 Å². The Hall–Kier alpha value is -4.41. The number of nitrogens with zero attached hydrogens (tertiary/aromatic N) is 1. The summed E-state index contributed by atoms with van der Waals surface area (Å²) in [6.07, 6.45) is -4.50. The monoisotopic (exact) mass is 612 g/mol. The molecule has 0 radical (unpaired) electrons. The first-order valence-corrected chi connectivity index (χ1v) is 13.6. The first-order chi connectivity index (χ1) is 19.7. The highest BCUT2D eigenvalue weighted by Gasteiger charge is 2.40. The van der Waals surface area contributed by atoms with Crippen LogP contribution >= 0.6 is 0 Å². The standard InChI is InChI=1S/C24H26N4O6S.C2HF3O2/c25-24(26)27-34-11-3-10-33-20-8-6-18-14-22(23(29)30)28(15-19(18)12-20)35(31,32)21-9-7-16-4-1-2-5-17(16)13-21;3-2(4,5)1(6)7/h1-2,4-9,12-13,22H,3,10-11,14-15H2,(H,29,30)(H4,25,26,27);(H,6,7)/t22-;/m0./s1. The fourth-order valence-corrected chi connectivity index (χ4v) is 5.60. The second-order valence-corrected chi connectivity index (χ2v) is 10.8. The number of nitrogens with two attached hydrogens (primary N) is 1. The second-order valence-electron chi connectivity index (χ2n) is 8.92. The van der Waals surface area contributed by atoms with Crippen LogP contribution < -0.4 is 16.0 Å². The molecule has 1 aliphatic rings. The Balaban J connectivity index is 0.000000616. The summed E-state index contributed by atoms with van der Waals surface area (Å²) in [5.74, 6) is -3.70. The number of ether oxygens (including phenoxy) is 1. The van der Waals surface area contributed by atoms with Crippen molar-refractivity contribution in [1.82, 2.24) is 9.79 Å². The van der Waals surface area contributed by atoms with E-state index >= 15 is 0 Å². The SMILES string of the molecule is N=C(N)NOCCCOc1ccc2c(c1)CN(S(=O)(=O)c1ccc3ccccc3c1)[C@H](C(=O)O)C2.O=C(O)C(F)(F)F. The number of rotatable bonds is 9. The molecule has 226 valence electrons. The third kappa shape index (κ3) is 8.31. The van der Waals surface area contributed by atoms with Crippen LogP contribution in [0.15, 0.2) is 65.6 Å². The summed E-state index contributed by atoms with van der Waals surface area (Å²) >= 11 is 0. The predicted molar refractivity (Wildman–Crippen MR) is 143 cm³/mol. The molecule has 0 saturated carbocycles. The van der Waals surface area contributed by atoms with Crippen molar-refractivity contribution in [1.29, 1.82) is 5.41 Å². The summed E-state index contributed by atoms with van der Waals surface area (Å²) in [5, 5.41) is 25.6. The van der Waals surface area contributed by atoms with Crippen molar-refractivity contribution in [3.63, 3.8) is 0 Å². The minimum Gasteiger partial charge on any atom is -0.493 e. The molecule has 12 nitrogen and oxygen atoms in total. The molecule has 0 bridgehead atoms. The van der Waals surface area contributed by atoms with Crippen LogP contribution in [-0.2, 0) is 37.4 Å². The molecular formula is C26H27F3N4O8S. The molecule has 16 heteroatoms. The number of aliphatic carboxylic acids is 2. The molecule has 3 aromatic carbocycles. The largest absolute Gasteiger partial charge is 0.493 e. The molecule has 42 heavy (non-hydrogen) atoms. The maximum absolute atomic E-state index is 13.5. The van der Waals surface area contributed by atoms with Gasteiger partial charge >= 0.3 is 18.1 Å². The number of nitrogens with one attached hydrogen (secondary N) is 2. The van der Waals surface area contributed by atoms with Crippen LogP contribution in [0.5, 0.6) is 5.75 Å². The average Bonchev–Trinajstić information content (AvgIpc) is 2.93. The summed E-state index contributed by atoms with van der Waals surface area (Å²) < 4.78 is 65.6. The third-order valence-electron chi connectivity index (χ3n) is 5.96. The number of hydroxylamine groups is 1. The molecule has 0 unspecified atom stereocenters. The van der Waals surface area contributed by atoms with Crippen molar-refractivity contribution in [3.05, 3.63) is 71.8 Å². The fourth-order valence-electron chi connectivity index (χ4n) is 4.00. The van der Waals surface area contributed by atoms with Gasteiger partial charge in [-0.3, -0.25) is 15.0 Å². The van der Waals surface area contributed by atoms with E-state index in [-0.39, 0.29) is 30.4 Å². The van der Waals surface area contributed by atoms with E-state index in [4.69, 9.17) is 30.6 Å². The molecule has 4 rings (SSSR count). The van der Waals surface area contributed by atoms with E-state index < -0.39 is 34.2 Å². The number of carbonyl (C=O) groups is 2. The second kappa shape index (κ2) is 13.5. The van der Waals surface area contributed by atoms with Gasteiger partial charge in [-0.15, -0.1) is 0 Å². The van der Waals surface area contributed by atoms with Crippen molar-refractivity contribution >= 4 is 38.7 Å². The highest BCUT2D eigenvalue weighted by atomic mass is 32.2. The van der Waals surface area contributed by atoms with Gasteiger partial charge in [0.05, 0.1) is 18.1 Å². The molecule has 0 aromatic heterocycles. The van der Waals surface area contributed by atoms with Gasteiger partial charge in [0.25, 0.3) is 0 Å². The van der Waals surface area contributed by atoms with Crippen LogP contribution in [0.4, 0.5) is 13.2 Å². The number of alkyl halides is 3.